The van der Waals surface area contributed by atoms with Crippen molar-refractivity contribution in [1.29, 1.82) is 5.26 Å². The number of nitrogens with two attached hydrogens (primary N) is 1. The zero-order chi connectivity index (χ0) is 11.4. The molecule has 1 heterocycles. The van der Waals surface area contributed by atoms with E-state index in [1.54, 1.807) is 24.3 Å². The Morgan fingerprint density at radius 1 is 1.31 bits per heavy atom. The molecule has 0 spiro atoms. The zero-order valence-electron chi connectivity index (χ0n) is 8.29. The Bertz CT molecular complexity index is 548. The molecule has 0 bridgehead atoms. The van der Waals surface area contributed by atoms with Crippen molar-refractivity contribution in [2.75, 3.05) is 5.73 Å². The smallest absolute Gasteiger partial charge is 0.245 e. The van der Waals surface area contributed by atoms with Crippen LogP contribution in [-0.2, 0) is 0 Å². The van der Waals surface area contributed by atoms with E-state index in [9.17, 15) is 0 Å². The maximum atomic E-state index is 8.87. The standard InChI is InChI=1S/C11H8N4O/c12-5-8-3-1-2-4-10(8)16-11-9(13)6-14-7-15-11/h1-4,6-7H,13H2. The van der Waals surface area contributed by atoms with Crippen LogP contribution in [0.2, 0.25) is 0 Å². The van der Waals surface area contributed by atoms with Gasteiger partial charge in [-0.1, -0.05) is 12.1 Å². The maximum Gasteiger partial charge on any atom is 0.245 e. The van der Waals surface area contributed by atoms with Crippen LogP contribution in [-0.4, -0.2) is 9.97 Å². The fourth-order valence-corrected chi connectivity index (χ4v) is 1.17. The summed E-state index contributed by atoms with van der Waals surface area (Å²) >= 11 is 0. The topological polar surface area (TPSA) is 84.8 Å². The summed E-state index contributed by atoms with van der Waals surface area (Å²) in [6.07, 6.45) is 2.78. The molecule has 78 valence electrons. The molecule has 0 saturated heterocycles. The molecule has 0 aliphatic rings. The van der Waals surface area contributed by atoms with Gasteiger partial charge in [0.15, 0.2) is 0 Å². The molecule has 5 nitrogen and oxygen atoms in total. The van der Waals surface area contributed by atoms with Crippen LogP contribution in [0.5, 0.6) is 11.6 Å². The Balaban J connectivity index is 2.35. The molecule has 2 N–H and O–H groups in total. The van der Waals surface area contributed by atoms with Crippen molar-refractivity contribution in [2.24, 2.45) is 0 Å². The minimum absolute atomic E-state index is 0.248. The Kier molecular flexibility index (Phi) is 2.65. The van der Waals surface area contributed by atoms with Gasteiger partial charge >= 0.3 is 0 Å². The quantitative estimate of drug-likeness (QED) is 0.819. The minimum Gasteiger partial charge on any atom is -0.436 e. The van der Waals surface area contributed by atoms with Crippen LogP contribution < -0.4 is 10.5 Å². The van der Waals surface area contributed by atoms with Gasteiger partial charge < -0.3 is 10.5 Å². The van der Waals surface area contributed by atoms with Gasteiger partial charge in [-0.3, -0.25) is 0 Å². The van der Waals surface area contributed by atoms with Crippen LogP contribution >= 0.6 is 0 Å². The number of nitrogen functional groups attached to an aromatic ring is 1. The highest BCUT2D eigenvalue weighted by atomic mass is 16.5. The van der Waals surface area contributed by atoms with E-state index in [1.807, 2.05) is 6.07 Å². The van der Waals surface area contributed by atoms with Gasteiger partial charge in [-0.05, 0) is 12.1 Å². The highest BCUT2D eigenvalue weighted by Crippen LogP contribution is 2.26. The van der Waals surface area contributed by atoms with E-state index in [4.69, 9.17) is 15.7 Å². The van der Waals surface area contributed by atoms with Crippen LogP contribution in [0.15, 0.2) is 36.8 Å². The van der Waals surface area contributed by atoms with E-state index in [-0.39, 0.29) is 5.88 Å². The van der Waals surface area contributed by atoms with Crippen molar-refractivity contribution in [3.63, 3.8) is 0 Å². The summed E-state index contributed by atoms with van der Waals surface area (Å²) in [7, 11) is 0. The first-order valence-corrected chi connectivity index (χ1v) is 4.53. The lowest BCUT2D eigenvalue weighted by Gasteiger charge is -2.07. The normalized spacial score (nSPS) is 9.44. The summed E-state index contributed by atoms with van der Waals surface area (Å²) in [4.78, 5) is 7.63. The molecule has 0 radical (unpaired) electrons. The number of rotatable bonds is 2. The molecule has 0 amide bonds. The second-order valence-electron chi connectivity index (χ2n) is 2.99. The van der Waals surface area contributed by atoms with Crippen LogP contribution in [0.1, 0.15) is 5.56 Å². The van der Waals surface area contributed by atoms with Gasteiger partial charge in [0.25, 0.3) is 0 Å². The Labute approximate surface area is 92.1 Å². The minimum atomic E-state index is 0.248. The summed E-state index contributed by atoms with van der Waals surface area (Å²) in [5, 5.41) is 8.87. The summed E-state index contributed by atoms with van der Waals surface area (Å²) in [5.41, 5.74) is 6.39. The highest BCUT2D eigenvalue weighted by Gasteiger charge is 2.06. The molecule has 1 aromatic heterocycles. The first-order valence-electron chi connectivity index (χ1n) is 4.53. The molecule has 0 unspecified atom stereocenters. The Morgan fingerprint density at radius 3 is 2.88 bits per heavy atom. The highest BCUT2D eigenvalue weighted by molar-refractivity contribution is 5.50. The molecule has 16 heavy (non-hydrogen) atoms. The van der Waals surface area contributed by atoms with Crippen LogP contribution in [0.25, 0.3) is 0 Å². The van der Waals surface area contributed by atoms with E-state index in [0.29, 0.717) is 17.0 Å². The fourth-order valence-electron chi connectivity index (χ4n) is 1.17. The van der Waals surface area contributed by atoms with E-state index in [2.05, 4.69) is 9.97 Å². The molecule has 0 fully saturated rings. The van der Waals surface area contributed by atoms with Gasteiger partial charge in [0.1, 0.15) is 23.8 Å². The molecule has 0 aliphatic heterocycles. The van der Waals surface area contributed by atoms with Gasteiger partial charge in [0, 0.05) is 0 Å². The van der Waals surface area contributed by atoms with Gasteiger partial charge in [-0.25, -0.2) is 4.98 Å². The van der Waals surface area contributed by atoms with Gasteiger partial charge in [0.2, 0.25) is 5.88 Å². The van der Waals surface area contributed by atoms with Crippen LogP contribution in [0.4, 0.5) is 5.69 Å². The largest absolute Gasteiger partial charge is 0.436 e. The number of anilines is 1. The summed E-state index contributed by atoms with van der Waals surface area (Å²) in [5.74, 6) is 0.674. The average molecular weight is 212 g/mol. The monoisotopic (exact) mass is 212 g/mol. The van der Waals surface area contributed by atoms with Gasteiger partial charge in [0.05, 0.1) is 11.8 Å². The second kappa shape index (κ2) is 4.28. The van der Waals surface area contributed by atoms with Crippen molar-refractivity contribution in [2.45, 2.75) is 0 Å². The third-order valence-electron chi connectivity index (χ3n) is 1.92. The summed E-state index contributed by atoms with van der Waals surface area (Å²) in [6, 6.07) is 8.90. The SMILES string of the molecule is N#Cc1ccccc1Oc1ncncc1N. The predicted molar refractivity (Wildman–Crippen MR) is 57.7 cm³/mol. The molecular weight excluding hydrogens is 204 g/mol. The van der Waals surface area contributed by atoms with E-state index in [0.717, 1.165) is 0 Å². The van der Waals surface area contributed by atoms with Crippen LogP contribution in [0.3, 0.4) is 0 Å². The van der Waals surface area contributed by atoms with Gasteiger partial charge in [-0.15, -0.1) is 0 Å². The van der Waals surface area contributed by atoms with Crippen molar-refractivity contribution in [3.05, 3.63) is 42.4 Å². The second-order valence-corrected chi connectivity index (χ2v) is 2.99. The number of para-hydroxylation sites is 1. The number of hydrogen-bond acceptors (Lipinski definition) is 5. The predicted octanol–water partition coefficient (Wildman–Crippen LogP) is 1.72. The third-order valence-corrected chi connectivity index (χ3v) is 1.92. The Morgan fingerprint density at radius 2 is 2.12 bits per heavy atom. The first-order chi connectivity index (χ1) is 7.81. The number of benzene rings is 1. The lowest BCUT2D eigenvalue weighted by molar-refractivity contribution is 0.463. The number of aromatic nitrogens is 2. The maximum absolute atomic E-state index is 8.87. The number of nitrogens with zero attached hydrogens (tertiary/aromatic N) is 3. The zero-order valence-corrected chi connectivity index (χ0v) is 8.29. The molecule has 0 aliphatic carbocycles. The van der Waals surface area contributed by atoms with E-state index in [1.165, 1.54) is 12.5 Å². The lowest BCUT2D eigenvalue weighted by atomic mass is 10.2. The fraction of sp³-hybridized carbons (Fsp3) is 0. The number of nitriles is 1. The van der Waals surface area contributed by atoms with Gasteiger partial charge in [-0.2, -0.15) is 10.2 Å². The lowest BCUT2D eigenvalue weighted by Crippen LogP contribution is -1.96. The average Bonchev–Trinajstić information content (AvgIpc) is 2.33. The van der Waals surface area contributed by atoms with Crippen molar-refractivity contribution < 1.29 is 4.74 Å². The molecule has 1 aromatic carbocycles. The summed E-state index contributed by atoms with van der Waals surface area (Å²) < 4.78 is 5.43. The molecule has 0 saturated carbocycles. The molecular formula is C11H8N4O. The van der Waals surface area contributed by atoms with Crippen molar-refractivity contribution >= 4 is 5.69 Å². The number of hydrogen-bond donors (Lipinski definition) is 1. The third kappa shape index (κ3) is 1.91. The van der Waals surface area contributed by atoms with Crippen LogP contribution in [0, 0.1) is 11.3 Å². The van der Waals surface area contributed by atoms with Crippen molar-refractivity contribution in [3.8, 4) is 17.7 Å². The summed E-state index contributed by atoms with van der Waals surface area (Å²) in [6.45, 7) is 0. The molecule has 0 atom stereocenters. The number of ether oxygens (including phenoxy) is 1. The van der Waals surface area contributed by atoms with Crippen molar-refractivity contribution in [1.82, 2.24) is 9.97 Å². The Hall–Kier alpha value is -2.61. The molecule has 5 heteroatoms. The van der Waals surface area contributed by atoms with E-state index >= 15 is 0 Å². The van der Waals surface area contributed by atoms with E-state index < -0.39 is 0 Å². The molecule has 2 aromatic rings. The molecule has 2 rings (SSSR count). The first kappa shape index (κ1) is 9.93.